The molecule has 0 fully saturated rings. The number of nitrogens with two attached hydrogens (primary N) is 2. The average molecular weight is 414 g/mol. The molecule has 1 amide bonds. The van der Waals surface area contributed by atoms with Gasteiger partial charge in [-0.2, -0.15) is 5.10 Å². The van der Waals surface area contributed by atoms with Crippen LogP contribution in [0.4, 0.5) is 21.7 Å². The van der Waals surface area contributed by atoms with E-state index in [9.17, 15) is 9.18 Å². The van der Waals surface area contributed by atoms with Crippen LogP contribution in [0.25, 0.3) is 11.0 Å². The summed E-state index contributed by atoms with van der Waals surface area (Å²) in [5.41, 5.74) is 13.3. The summed E-state index contributed by atoms with van der Waals surface area (Å²) >= 11 is 0. The number of rotatable bonds is 8. The Morgan fingerprint density at radius 2 is 2.03 bits per heavy atom. The first-order chi connectivity index (χ1) is 14.2. The zero-order valence-corrected chi connectivity index (χ0v) is 17.5. The van der Waals surface area contributed by atoms with Crippen LogP contribution in [0.15, 0.2) is 18.3 Å². The fourth-order valence-electron chi connectivity index (χ4n) is 3.36. The number of primary amides is 1. The van der Waals surface area contributed by atoms with E-state index in [1.54, 1.807) is 10.9 Å². The van der Waals surface area contributed by atoms with E-state index in [2.05, 4.69) is 39.5 Å². The zero-order valence-electron chi connectivity index (χ0n) is 17.5. The van der Waals surface area contributed by atoms with Crippen molar-refractivity contribution < 1.29 is 9.18 Å². The molecule has 0 saturated heterocycles. The third-order valence-electron chi connectivity index (χ3n) is 4.75. The molecule has 0 saturated carbocycles. The Bertz CT molecular complexity index is 1080. The van der Waals surface area contributed by atoms with E-state index in [4.69, 9.17) is 11.5 Å². The standard InChI is InChI=1S/C20H27FN8O/c1-10(2)5-12(8-22)25-19-16(21)7-15(17(23)30)18(27-19)26-13-6-14-11(3)28-29(4)20(14)24-9-13/h6-7,9-10,12H,5,8,22H2,1-4H3,(H2,23,30)(H2,25,26,27)/t12-/m1/s1. The molecule has 10 heteroatoms. The van der Waals surface area contributed by atoms with Crippen molar-refractivity contribution in [3.05, 3.63) is 35.4 Å². The third kappa shape index (κ3) is 4.48. The molecule has 9 nitrogen and oxygen atoms in total. The van der Waals surface area contributed by atoms with E-state index in [1.165, 1.54) is 0 Å². The Morgan fingerprint density at radius 3 is 2.67 bits per heavy atom. The molecule has 0 aliphatic heterocycles. The Morgan fingerprint density at radius 1 is 1.30 bits per heavy atom. The lowest BCUT2D eigenvalue weighted by molar-refractivity contribution is 0.100. The monoisotopic (exact) mass is 414 g/mol. The number of carbonyl (C=O) groups excluding carboxylic acids is 1. The number of hydrogen-bond donors (Lipinski definition) is 4. The van der Waals surface area contributed by atoms with Crippen molar-refractivity contribution >= 4 is 34.3 Å². The third-order valence-corrected chi connectivity index (χ3v) is 4.75. The summed E-state index contributed by atoms with van der Waals surface area (Å²) in [5.74, 6) is -0.954. The van der Waals surface area contributed by atoms with Gasteiger partial charge in [-0.25, -0.2) is 14.4 Å². The number of fused-ring (bicyclic) bond motifs is 1. The highest BCUT2D eigenvalue weighted by Crippen LogP contribution is 2.26. The second-order valence-corrected chi connectivity index (χ2v) is 7.71. The first-order valence-electron chi connectivity index (χ1n) is 9.72. The molecule has 0 aromatic carbocycles. The topological polar surface area (TPSA) is 137 Å². The van der Waals surface area contributed by atoms with E-state index in [-0.39, 0.29) is 23.2 Å². The maximum Gasteiger partial charge on any atom is 0.252 e. The van der Waals surface area contributed by atoms with Crippen molar-refractivity contribution in [3.63, 3.8) is 0 Å². The van der Waals surface area contributed by atoms with Gasteiger partial charge in [0.05, 0.1) is 23.1 Å². The molecular formula is C20H27FN8O. The number of anilines is 3. The highest BCUT2D eigenvalue weighted by atomic mass is 19.1. The lowest BCUT2D eigenvalue weighted by Crippen LogP contribution is -2.31. The van der Waals surface area contributed by atoms with Crippen LogP contribution in [0.1, 0.15) is 36.3 Å². The number of halogens is 1. The normalized spacial score (nSPS) is 12.4. The van der Waals surface area contributed by atoms with Crippen LogP contribution in [0.5, 0.6) is 0 Å². The summed E-state index contributed by atoms with van der Waals surface area (Å²) in [5, 5.41) is 11.3. The summed E-state index contributed by atoms with van der Waals surface area (Å²) in [6.07, 6.45) is 2.34. The molecular weight excluding hydrogens is 387 g/mol. The summed E-state index contributed by atoms with van der Waals surface area (Å²) in [6.45, 7) is 6.31. The number of amides is 1. The minimum atomic E-state index is -0.792. The van der Waals surface area contributed by atoms with Crippen LogP contribution in [0, 0.1) is 18.7 Å². The SMILES string of the molecule is Cc1nn(C)c2ncc(Nc3nc(N[C@@H](CN)CC(C)C)c(F)cc3C(N)=O)cc12. The Labute approximate surface area is 174 Å². The van der Waals surface area contributed by atoms with Crippen LogP contribution < -0.4 is 22.1 Å². The van der Waals surface area contributed by atoms with Crippen LogP contribution >= 0.6 is 0 Å². The van der Waals surface area contributed by atoms with Gasteiger partial charge in [0, 0.05) is 25.0 Å². The van der Waals surface area contributed by atoms with Crippen molar-refractivity contribution in [1.29, 1.82) is 0 Å². The maximum atomic E-state index is 14.6. The van der Waals surface area contributed by atoms with Crippen LogP contribution in [0.3, 0.4) is 0 Å². The van der Waals surface area contributed by atoms with Gasteiger partial charge in [0.2, 0.25) is 0 Å². The van der Waals surface area contributed by atoms with Gasteiger partial charge in [-0.3, -0.25) is 9.48 Å². The predicted octanol–water partition coefficient (Wildman–Crippen LogP) is 2.44. The second-order valence-electron chi connectivity index (χ2n) is 7.71. The van der Waals surface area contributed by atoms with Crippen molar-refractivity contribution in [2.45, 2.75) is 33.2 Å². The molecule has 160 valence electrons. The lowest BCUT2D eigenvalue weighted by atomic mass is 10.0. The molecule has 0 bridgehead atoms. The predicted molar refractivity (Wildman–Crippen MR) is 115 cm³/mol. The summed E-state index contributed by atoms with van der Waals surface area (Å²) < 4.78 is 16.3. The molecule has 6 N–H and O–H groups in total. The van der Waals surface area contributed by atoms with Crippen molar-refractivity contribution in [2.24, 2.45) is 24.4 Å². The van der Waals surface area contributed by atoms with Gasteiger partial charge in [-0.05, 0) is 31.4 Å². The largest absolute Gasteiger partial charge is 0.365 e. The molecule has 0 spiro atoms. The average Bonchev–Trinajstić information content (AvgIpc) is 2.96. The number of pyridine rings is 2. The number of carbonyl (C=O) groups is 1. The number of nitrogens with one attached hydrogen (secondary N) is 2. The molecule has 1 atom stereocenters. The fraction of sp³-hybridized carbons (Fsp3) is 0.400. The maximum absolute atomic E-state index is 14.6. The first kappa shape index (κ1) is 21.4. The summed E-state index contributed by atoms with van der Waals surface area (Å²) in [4.78, 5) is 20.6. The molecule has 0 aliphatic carbocycles. The molecule has 0 unspecified atom stereocenters. The molecule has 3 aromatic rings. The molecule has 30 heavy (non-hydrogen) atoms. The Kier molecular flexibility index (Phi) is 6.16. The highest BCUT2D eigenvalue weighted by Gasteiger charge is 2.19. The number of nitrogens with zero attached hydrogens (tertiary/aromatic N) is 4. The van der Waals surface area contributed by atoms with E-state index >= 15 is 0 Å². The molecule has 0 radical (unpaired) electrons. The van der Waals surface area contributed by atoms with Gasteiger partial charge in [-0.15, -0.1) is 0 Å². The van der Waals surface area contributed by atoms with Crippen molar-refractivity contribution in [3.8, 4) is 0 Å². The van der Waals surface area contributed by atoms with Gasteiger partial charge in [0.1, 0.15) is 5.82 Å². The van der Waals surface area contributed by atoms with E-state index < -0.39 is 11.7 Å². The molecule has 3 heterocycles. The summed E-state index contributed by atoms with van der Waals surface area (Å²) in [6, 6.07) is 2.76. The van der Waals surface area contributed by atoms with Gasteiger partial charge in [0.25, 0.3) is 5.91 Å². The quantitative estimate of drug-likeness (QED) is 0.444. The molecule has 3 rings (SSSR count). The molecule has 0 aliphatic rings. The number of aryl methyl sites for hydroxylation is 2. The Hall–Kier alpha value is -3.27. The molecule has 3 aromatic heterocycles. The second kappa shape index (κ2) is 8.62. The minimum absolute atomic E-state index is 0.00481. The zero-order chi connectivity index (χ0) is 22.0. The fourth-order valence-corrected chi connectivity index (χ4v) is 3.36. The van der Waals surface area contributed by atoms with Gasteiger partial charge < -0.3 is 22.1 Å². The highest BCUT2D eigenvalue weighted by molar-refractivity contribution is 5.98. The Balaban J connectivity index is 1.98. The number of aromatic nitrogens is 4. The smallest absolute Gasteiger partial charge is 0.252 e. The van der Waals surface area contributed by atoms with E-state index in [0.717, 1.165) is 29.2 Å². The lowest BCUT2D eigenvalue weighted by Gasteiger charge is -2.21. The number of hydrogen-bond acceptors (Lipinski definition) is 7. The van der Waals surface area contributed by atoms with Crippen LogP contribution in [-0.2, 0) is 7.05 Å². The summed E-state index contributed by atoms with van der Waals surface area (Å²) in [7, 11) is 1.81. The van der Waals surface area contributed by atoms with Gasteiger partial charge >= 0.3 is 0 Å². The minimum Gasteiger partial charge on any atom is -0.365 e. The first-order valence-corrected chi connectivity index (χ1v) is 9.72. The van der Waals surface area contributed by atoms with Crippen LogP contribution in [-0.4, -0.2) is 38.2 Å². The van der Waals surface area contributed by atoms with Gasteiger partial charge in [0.15, 0.2) is 17.3 Å². The van der Waals surface area contributed by atoms with Crippen LogP contribution in [0.2, 0.25) is 0 Å². The van der Waals surface area contributed by atoms with Gasteiger partial charge in [-0.1, -0.05) is 13.8 Å². The van der Waals surface area contributed by atoms with Crippen molar-refractivity contribution in [2.75, 3.05) is 17.2 Å². The van der Waals surface area contributed by atoms with E-state index in [0.29, 0.717) is 18.2 Å². The van der Waals surface area contributed by atoms with Crippen molar-refractivity contribution in [1.82, 2.24) is 19.7 Å². The van der Waals surface area contributed by atoms with E-state index in [1.807, 2.05) is 20.0 Å².